The fourth-order valence-corrected chi connectivity index (χ4v) is 2.42. The number of carbonyl (C=O) groups is 1. The van der Waals surface area contributed by atoms with Gasteiger partial charge in [0.05, 0.1) is 22.0 Å². The minimum absolute atomic E-state index is 0.301. The minimum Gasteiger partial charge on any atom is -0.396 e. The first-order valence-corrected chi connectivity index (χ1v) is 6.85. The third kappa shape index (κ3) is 3.18. The quantitative estimate of drug-likeness (QED) is 0.582. The number of anilines is 2. The maximum Gasteiger partial charge on any atom is 0.258 e. The van der Waals surface area contributed by atoms with Crippen molar-refractivity contribution >= 4 is 51.5 Å². The Balaban J connectivity index is 2.31. The molecule has 0 heterocycles. The maximum absolute atomic E-state index is 13.6. The SMILES string of the molecule is Nc1cc(C(=O)Nc2ccc(I)cc2Cl)c(F)cc1F. The predicted molar refractivity (Wildman–Crippen MR) is 82.9 cm³/mol. The van der Waals surface area contributed by atoms with Crippen LogP contribution in [0, 0.1) is 15.2 Å². The summed E-state index contributed by atoms with van der Waals surface area (Å²) < 4.78 is 27.5. The molecule has 2 aromatic rings. The van der Waals surface area contributed by atoms with Crippen LogP contribution in [-0.2, 0) is 0 Å². The van der Waals surface area contributed by atoms with Gasteiger partial charge in [-0.05, 0) is 46.9 Å². The van der Waals surface area contributed by atoms with Crippen LogP contribution in [-0.4, -0.2) is 5.91 Å². The van der Waals surface area contributed by atoms with Gasteiger partial charge < -0.3 is 11.1 Å². The summed E-state index contributed by atoms with van der Waals surface area (Å²) in [5.74, 6) is -2.65. The summed E-state index contributed by atoms with van der Waals surface area (Å²) in [4.78, 5) is 11.9. The lowest BCUT2D eigenvalue weighted by Gasteiger charge is -2.09. The first-order valence-electron chi connectivity index (χ1n) is 5.39. The number of hydrogen-bond donors (Lipinski definition) is 2. The molecule has 0 spiro atoms. The number of halogens is 4. The Hall–Kier alpha value is -1.41. The molecule has 7 heteroatoms. The van der Waals surface area contributed by atoms with E-state index in [1.54, 1.807) is 18.2 Å². The zero-order valence-corrected chi connectivity index (χ0v) is 12.8. The van der Waals surface area contributed by atoms with Crippen molar-refractivity contribution < 1.29 is 13.6 Å². The maximum atomic E-state index is 13.6. The smallest absolute Gasteiger partial charge is 0.258 e. The summed E-state index contributed by atoms with van der Waals surface area (Å²) in [6.07, 6.45) is 0. The van der Waals surface area contributed by atoms with E-state index in [1.165, 1.54) is 0 Å². The number of rotatable bonds is 2. The topological polar surface area (TPSA) is 55.1 Å². The Morgan fingerprint density at radius 1 is 1.20 bits per heavy atom. The molecular formula is C13H8ClF2IN2O. The number of nitrogens with one attached hydrogen (secondary N) is 1. The molecule has 0 saturated heterocycles. The molecule has 0 aromatic heterocycles. The summed E-state index contributed by atoms with van der Waals surface area (Å²) in [5.41, 5.74) is 5.01. The molecule has 2 rings (SSSR count). The van der Waals surface area contributed by atoms with Gasteiger partial charge in [-0.1, -0.05) is 11.6 Å². The molecule has 2 aromatic carbocycles. The van der Waals surface area contributed by atoms with Gasteiger partial charge in [-0.3, -0.25) is 4.79 Å². The van der Waals surface area contributed by atoms with Crippen LogP contribution in [0.25, 0.3) is 0 Å². The number of nitrogens with two attached hydrogens (primary N) is 1. The average Bonchev–Trinajstić information content (AvgIpc) is 2.37. The molecular weight excluding hydrogens is 401 g/mol. The highest BCUT2D eigenvalue weighted by Gasteiger charge is 2.16. The van der Waals surface area contributed by atoms with Gasteiger partial charge >= 0.3 is 0 Å². The summed E-state index contributed by atoms with van der Waals surface area (Å²) in [6.45, 7) is 0. The predicted octanol–water partition coefficient (Wildman–Crippen LogP) is 4.06. The van der Waals surface area contributed by atoms with Crippen molar-refractivity contribution in [3.8, 4) is 0 Å². The normalized spacial score (nSPS) is 10.4. The second-order valence-electron chi connectivity index (χ2n) is 3.93. The molecule has 0 fully saturated rings. The van der Waals surface area contributed by atoms with Gasteiger partial charge in [0.15, 0.2) is 0 Å². The Kier molecular flexibility index (Phi) is 4.44. The minimum atomic E-state index is -0.990. The molecule has 20 heavy (non-hydrogen) atoms. The molecule has 0 bridgehead atoms. The second kappa shape index (κ2) is 5.92. The fraction of sp³-hybridized carbons (Fsp3) is 0. The summed E-state index contributed by atoms with van der Waals surface area (Å²) in [5, 5.41) is 2.77. The highest BCUT2D eigenvalue weighted by Crippen LogP contribution is 2.25. The molecule has 3 N–H and O–H groups in total. The fourth-order valence-electron chi connectivity index (χ4n) is 1.52. The Morgan fingerprint density at radius 3 is 2.55 bits per heavy atom. The van der Waals surface area contributed by atoms with E-state index in [0.29, 0.717) is 16.8 Å². The van der Waals surface area contributed by atoms with Gasteiger partial charge in [0.25, 0.3) is 5.91 Å². The van der Waals surface area contributed by atoms with E-state index in [-0.39, 0.29) is 11.3 Å². The lowest BCUT2D eigenvalue weighted by atomic mass is 10.1. The van der Waals surface area contributed by atoms with Gasteiger partial charge in [-0.25, -0.2) is 8.78 Å². The van der Waals surface area contributed by atoms with Crippen molar-refractivity contribution in [3.63, 3.8) is 0 Å². The molecule has 104 valence electrons. The summed E-state index contributed by atoms with van der Waals surface area (Å²) >= 11 is 8.02. The number of amides is 1. The Labute approximate surface area is 132 Å². The van der Waals surface area contributed by atoms with Crippen LogP contribution in [0.3, 0.4) is 0 Å². The van der Waals surface area contributed by atoms with Crippen molar-refractivity contribution in [2.75, 3.05) is 11.1 Å². The van der Waals surface area contributed by atoms with Crippen LogP contribution >= 0.6 is 34.2 Å². The van der Waals surface area contributed by atoms with Crippen molar-refractivity contribution in [1.82, 2.24) is 0 Å². The van der Waals surface area contributed by atoms with Gasteiger partial charge in [0.2, 0.25) is 0 Å². The molecule has 0 atom stereocenters. The van der Waals surface area contributed by atoms with Gasteiger partial charge in [-0.15, -0.1) is 0 Å². The molecule has 0 aliphatic carbocycles. The summed E-state index contributed by atoms with van der Waals surface area (Å²) in [6, 6.07) is 6.48. The van der Waals surface area contributed by atoms with Crippen LogP contribution in [0.5, 0.6) is 0 Å². The number of nitrogen functional groups attached to an aromatic ring is 1. The van der Waals surface area contributed by atoms with E-state index in [2.05, 4.69) is 27.9 Å². The van der Waals surface area contributed by atoms with E-state index in [0.717, 1.165) is 9.64 Å². The molecule has 0 saturated carbocycles. The largest absolute Gasteiger partial charge is 0.396 e. The van der Waals surface area contributed by atoms with Gasteiger partial charge in [-0.2, -0.15) is 0 Å². The van der Waals surface area contributed by atoms with Gasteiger partial charge in [0, 0.05) is 9.64 Å². The average molecular weight is 409 g/mol. The Morgan fingerprint density at radius 2 is 1.90 bits per heavy atom. The lowest BCUT2D eigenvalue weighted by Crippen LogP contribution is -2.15. The van der Waals surface area contributed by atoms with Crippen molar-refractivity contribution in [2.24, 2.45) is 0 Å². The highest BCUT2D eigenvalue weighted by molar-refractivity contribution is 14.1. The third-order valence-corrected chi connectivity index (χ3v) is 3.49. The molecule has 1 amide bonds. The van der Waals surface area contributed by atoms with Crippen molar-refractivity contribution in [1.29, 1.82) is 0 Å². The van der Waals surface area contributed by atoms with Crippen LogP contribution in [0.1, 0.15) is 10.4 Å². The molecule has 0 aliphatic heterocycles. The van der Waals surface area contributed by atoms with Crippen LogP contribution in [0.2, 0.25) is 5.02 Å². The van der Waals surface area contributed by atoms with Crippen LogP contribution in [0.4, 0.5) is 20.2 Å². The summed E-state index contributed by atoms with van der Waals surface area (Å²) in [7, 11) is 0. The molecule has 0 aliphatic rings. The zero-order chi connectivity index (χ0) is 14.9. The van der Waals surface area contributed by atoms with E-state index in [1.807, 2.05) is 0 Å². The van der Waals surface area contributed by atoms with E-state index >= 15 is 0 Å². The first kappa shape index (κ1) is 15.0. The zero-order valence-electron chi connectivity index (χ0n) is 9.88. The number of benzene rings is 2. The molecule has 3 nitrogen and oxygen atoms in total. The first-order chi connectivity index (χ1) is 9.38. The second-order valence-corrected chi connectivity index (χ2v) is 5.58. The van der Waals surface area contributed by atoms with Crippen LogP contribution < -0.4 is 11.1 Å². The van der Waals surface area contributed by atoms with Crippen molar-refractivity contribution in [2.45, 2.75) is 0 Å². The standard InChI is InChI=1S/C13H8ClF2IN2O/c14-8-3-6(17)1-2-12(8)19-13(20)7-4-11(18)10(16)5-9(7)15/h1-5H,18H2,(H,19,20). The van der Waals surface area contributed by atoms with E-state index in [9.17, 15) is 13.6 Å². The number of hydrogen-bond acceptors (Lipinski definition) is 2. The van der Waals surface area contributed by atoms with Gasteiger partial charge in [0.1, 0.15) is 11.6 Å². The van der Waals surface area contributed by atoms with Crippen molar-refractivity contribution in [3.05, 3.63) is 56.1 Å². The number of carbonyl (C=O) groups excluding carboxylic acids is 1. The highest BCUT2D eigenvalue weighted by atomic mass is 127. The molecule has 0 unspecified atom stereocenters. The lowest BCUT2D eigenvalue weighted by molar-refractivity contribution is 0.102. The monoisotopic (exact) mass is 408 g/mol. The Bertz CT molecular complexity index is 694. The van der Waals surface area contributed by atoms with Crippen LogP contribution in [0.15, 0.2) is 30.3 Å². The van der Waals surface area contributed by atoms with E-state index < -0.39 is 17.5 Å². The third-order valence-electron chi connectivity index (χ3n) is 2.51. The van der Waals surface area contributed by atoms with E-state index in [4.69, 9.17) is 17.3 Å². The molecule has 0 radical (unpaired) electrons.